The first-order valence-electron chi connectivity index (χ1n) is 9.18. The van der Waals surface area contributed by atoms with Crippen molar-refractivity contribution in [2.24, 2.45) is 4.99 Å². The molecular weight excluding hydrogens is 332 g/mol. The van der Waals surface area contributed by atoms with E-state index in [1.54, 1.807) is 14.1 Å². The maximum atomic E-state index is 11.5. The van der Waals surface area contributed by atoms with Crippen LogP contribution < -0.4 is 16.0 Å². The molecule has 3 N–H and O–H groups in total. The van der Waals surface area contributed by atoms with Crippen LogP contribution in [0.3, 0.4) is 0 Å². The van der Waals surface area contributed by atoms with Crippen molar-refractivity contribution in [3.63, 3.8) is 0 Å². The van der Waals surface area contributed by atoms with Gasteiger partial charge in [0.05, 0.1) is 12.7 Å². The van der Waals surface area contributed by atoms with Crippen LogP contribution in [0.15, 0.2) is 29.3 Å². The van der Waals surface area contributed by atoms with E-state index in [4.69, 9.17) is 9.47 Å². The molecule has 144 valence electrons. The van der Waals surface area contributed by atoms with E-state index >= 15 is 0 Å². The van der Waals surface area contributed by atoms with Crippen LogP contribution in [0.25, 0.3) is 0 Å². The van der Waals surface area contributed by atoms with Crippen molar-refractivity contribution in [3.8, 4) is 0 Å². The van der Waals surface area contributed by atoms with E-state index in [0.717, 1.165) is 43.9 Å². The largest absolute Gasteiger partial charge is 0.379 e. The SMILES string of the molecule is CN=C(NCCCOCC1CCCO1)NCc1ccc(C(=O)NC)cc1. The molecule has 1 atom stereocenters. The molecule has 1 amide bonds. The van der Waals surface area contributed by atoms with Crippen LogP contribution in [0.2, 0.25) is 0 Å². The third kappa shape index (κ3) is 7.01. The lowest BCUT2D eigenvalue weighted by molar-refractivity contribution is 0.0168. The van der Waals surface area contributed by atoms with Gasteiger partial charge in [0, 0.05) is 46.0 Å². The minimum Gasteiger partial charge on any atom is -0.379 e. The lowest BCUT2D eigenvalue weighted by atomic mass is 10.1. The summed E-state index contributed by atoms with van der Waals surface area (Å²) in [6, 6.07) is 7.50. The molecule has 1 unspecified atom stereocenters. The van der Waals surface area contributed by atoms with Gasteiger partial charge in [-0.1, -0.05) is 12.1 Å². The van der Waals surface area contributed by atoms with Gasteiger partial charge in [0.2, 0.25) is 0 Å². The van der Waals surface area contributed by atoms with E-state index in [9.17, 15) is 4.79 Å². The normalized spacial score (nSPS) is 17.2. The zero-order valence-electron chi connectivity index (χ0n) is 15.7. The summed E-state index contributed by atoms with van der Waals surface area (Å²) in [4.78, 5) is 15.7. The third-order valence-electron chi connectivity index (χ3n) is 4.21. The van der Waals surface area contributed by atoms with Gasteiger partial charge >= 0.3 is 0 Å². The van der Waals surface area contributed by atoms with E-state index in [1.165, 1.54) is 0 Å². The molecule has 0 aliphatic carbocycles. The van der Waals surface area contributed by atoms with Gasteiger partial charge in [-0.2, -0.15) is 0 Å². The van der Waals surface area contributed by atoms with E-state index < -0.39 is 0 Å². The topological polar surface area (TPSA) is 84.0 Å². The molecule has 1 heterocycles. The van der Waals surface area contributed by atoms with Gasteiger partial charge in [0.25, 0.3) is 5.91 Å². The van der Waals surface area contributed by atoms with Crippen molar-refractivity contribution in [3.05, 3.63) is 35.4 Å². The van der Waals surface area contributed by atoms with E-state index in [2.05, 4.69) is 20.9 Å². The Morgan fingerprint density at radius 1 is 1.31 bits per heavy atom. The number of carbonyl (C=O) groups is 1. The summed E-state index contributed by atoms with van der Waals surface area (Å²) in [5.74, 6) is 0.670. The molecule has 1 aromatic rings. The van der Waals surface area contributed by atoms with Crippen LogP contribution in [0, 0.1) is 0 Å². The predicted molar refractivity (Wildman–Crippen MR) is 102 cm³/mol. The van der Waals surface area contributed by atoms with Crippen molar-refractivity contribution in [1.29, 1.82) is 0 Å². The van der Waals surface area contributed by atoms with Crippen molar-refractivity contribution < 1.29 is 14.3 Å². The number of aliphatic imine (C=N–C) groups is 1. The molecule has 1 aliphatic heterocycles. The Kier molecular flexibility index (Phi) is 8.92. The van der Waals surface area contributed by atoms with Crippen molar-refractivity contribution >= 4 is 11.9 Å². The maximum Gasteiger partial charge on any atom is 0.251 e. The van der Waals surface area contributed by atoms with E-state index in [-0.39, 0.29) is 12.0 Å². The molecule has 1 aromatic carbocycles. The molecule has 0 bridgehead atoms. The van der Waals surface area contributed by atoms with Crippen LogP contribution in [0.5, 0.6) is 0 Å². The highest BCUT2D eigenvalue weighted by Gasteiger charge is 2.14. The van der Waals surface area contributed by atoms with Gasteiger partial charge in [0.15, 0.2) is 5.96 Å². The molecule has 26 heavy (non-hydrogen) atoms. The molecule has 0 spiro atoms. The van der Waals surface area contributed by atoms with Crippen LogP contribution >= 0.6 is 0 Å². The summed E-state index contributed by atoms with van der Waals surface area (Å²) in [6.07, 6.45) is 3.45. The van der Waals surface area contributed by atoms with Crippen LogP contribution in [-0.2, 0) is 16.0 Å². The molecule has 2 rings (SSSR count). The lowest BCUT2D eigenvalue weighted by Gasteiger charge is -2.13. The van der Waals surface area contributed by atoms with Gasteiger partial charge < -0.3 is 25.4 Å². The first-order valence-corrected chi connectivity index (χ1v) is 9.18. The van der Waals surface area contributed by atoms with Crippen molar-refractivity contribution in [2.45, 2.75) is 31.9 Å². The Morgan fingerprint density at radius 3 is 2.77 bits per heavy atom. The summed E-state index contributed by atoms with van der Waals surface area (Å²) in [6.45, 7) is 3.71. The zero-order chi connectivity index (χ0) is 18.6. The van der Waals surface area contributed by atoms with Gasteiger partial charge in [-0.3, -0.25) is 9.79 Å². The average Bonchev–Trinajstić information content (AvgIpc) is 3.20. The fourth-order valence-electron chi connectivity index (χ4n) is 2.70. The quantitative estimate of drug-likeness (QED) is 0.350. The van der Waals surface area contributed by atoms with Crippen LogP contribution in [-0.4, -0.2) is 58.4 Å². The molecule has 0 aromatic heterocycles. The number of amides is 1. The predicted octanol–water partition coefficient (Wildman–Crippen LogP) is 1.30. The fraction of sp³-hybridized carbons (Fsp3) is 0.579. The van der Waals surface area contributed by atoms with E-state index in [0.29, 0.717) is 25.3 Å². The smallest absolute Gasteiger partial charge is 0.251 e. The van der Waals surface area contributed by atoms with Gasteiger partial charge in [0.1, 0.15) is 0 Å². The second-order valence-electron chi connectivity index (χ2n) is 6.19. The molecule has 1 aliphatic rings. The molecule has 7 nitrogen and oxygen atoms in total. The zero-order valence-corrected chi connectivity index (χ0v) is 15.7. The molecule has 0 saturated carbocycles. The number of ether oxygens (including phenoxy) is 2. The second-order valence-corrected chi connectivity index (χ2v) is 6.19. The summed E-state index contributed by atoms with van der Waals surface area (Å²) in [5, 5.41) is 9.14. The lowest BCUT2D eigenvalue weighted by Crippen LogP contribution is -2.37. The third-order valence-corrected chi connectivity index (χ3v) is 4.21. The summed E-state index contributed by atoms with van der Waals surface area (Å²) >= 11 is 0. The molecule has 7 heteroatoms. The Morgan fingerprint density at radius 2 is 2.12 bits per heavy atom. The summed E-state index contributed by atoms with van der Waals surface area (Å²) in [5.41, 5.74) is 1.74. The fourth-order valence-corrected chi connectivity index (χ4v) is 2.70. The average molecular weight is 362 g/mol. The highest BCUT2D eigenvalue weighted by Crippen LogP contribution is 2.11. The minimum atomic E-state index is -0.0799. The van der Waals surface area contributed by atoms with Crippen LogP contribution in [0.1, 0.15) is 35.2 Å². The molecule has 1 saturated heterocycles. The summed E-state index contributed by atoms with van der Waals surface area (Å²) < 4.78 is 11.2. The van der Waals surface area contributed by atoms with Gasteiger partial charge in [-0.05, 0) is 37.0 Å². The number of benzene rings is 1. The van der Waals surface area contributed by atoms with E-state index in [1.807, 2.05) is 24.3 Å². The Labute approximate surface area is 155 Å². The van der Waals surface area contributed by atoms with Crippen LogP contribution in [0.4, 0.5) is 0 Å². The number of carbonyl (C=O) groups excluding carboxylic acids is 1. The highest BCUT2D eigenvalue weighted by molar-refractivity contribution is 5.93. The number of nitrogens with one attached hydrogen (secondary N) is 3. The molecule has 1 fully saturated rings. The summed E-state index contributed by atoms with van der Waals surface area (Å²) in [7, 11) is 3.37. The molecular formula is C19H30N4O3. The second kappa shape index (κ2) is 11.5. The Bertz CT molecular complexity index is 569. The van der Waals surface area contributed by atoms with Gasteiger partial charge in [-0.15, -0.1) is 0 Å². The molecule has 0 radical (unpaired) electrons. The number of hydrogen-bond donors (Lipinski definition) is 3. The number of nitrogens with zero attached hydrogens (tertiary/aromatic N) is 1. The van der Waals surface area contributed by atoms with Crippen molar-refractivity contribution in [2.75, 3.05) is 40.5 Å². The monoisotopic (exact) mass is 362 g/mol. The highest BCUT2D eigenvalue weighted by atomic mass is 16.5. The standard InChI is InChI=1S/C19H30N4O3/c1-20-18(24)16-8-6-15(7-9-16)13-23-19(21-2)22-10-4-11-25-14-17-5-3-12-26-17/h6-9,17H,3-5,10-14H2,1-2H3,(H,20,24)(H2,21,22,23). The Balaban J connectivity index is 1.59. The number of rotatable bonds is 9. The number of hydrogen-bond acceptors (Lipinski definition) is 4. The first kappa shape index (κ1) is 20.2. The van der Waals surface area contributed by atoms with Gasteiger partial charge in [-0.25, -0.2) is 0 Å². The maximum absolute atomic E-state index is 11.5. The number of guanidine groups is 1. The van der Waals surface area contributed by atoms with Crippen molar-refractivity contribution in [1.82, 2.24) is 16.0 Å². The first-order chi connectivity index (χ1) is 12.7. The Hall–Kier alpha value is -2.12. The minimum absolute atomic E-state index is 0.0799.